The van der Waals surface area contributed by atoms with Crippen LogP contribution < -0.4 is 20.1 Å². The topological polar surface area (TPSA) is 54.9 Å². The fourth-order valence-electron chi connectivity index (χ4n) is 2.60. The molecule has 0 amide bonds. The number of aliphatic imine (C=N–C) groups is 1. The van der Waals surface area contributed by atoms with E-state index in [0.29, 0.717) is 13.2 Å². The van der Waals surface area contributed by atoms with E-state index >= 15 is 0 Å². The number of hydrogen-bond donors (Lipinski definition) is 2. The zero-order valence-electron chi connectivity index (χ0n) is 16.1. The van der Waals surface area contributed by atoms with Crippen LogP contribution >= 0.6 is 0 Å². The lowest BCUT2D eigenvalue weighted by molar-refractivity contribution is 0.287. The van der Waals surface area contributed by atoms with E-state index in [2.05, 4.69) is 40.7 Å². The van der Waals surface area contributed by atoms with Gasteiger partial charge >= 0.3 is 0 Å². The molecular weight excluding hydrogens is 326 g/mol. The van der Waals surface area contributed by atoms with E-state index in [0.717, 1.165) is 29.6 Å². The summed E-state index contributed by atoms with van der Waals surface area (Å²) in [6, 6.07) is 16.4. The lowest BCUT2D eigenvalue weighted by atomic mass is 10.1. The van der Waals surface area contributed by atoms with Gasteiger partial charge in [0.25, 0.3) is 0 Å². The highest BCUT2D eigenvalue weighted by molar-refractivity contribution is 5.80. The average Bonchev–Trinajstić information content (AvgIpc) is 2.67. The predicted molar refractivity (Wildman–Crippen MR) is 107 cm³/mol. The van der Waals surface area contributed by atoms with Crippen LogP contribution in [0.25, 0.3) is 0 Å². The molecule has 5 heteroatoms. The summed E-state index contributed by atoms with van der Waals surface area (Å²) in [6.07, 6.45) is 0. The summed E-state index contributed by atoms with van der Waals surface area (Å²) in [5, 5.41) is 6.76. The molecule has 0 aliphatic carbocycles. The molecule has 26 heavy (non-hydrogen) atoms. The van der Waals surface area contributed by atoms with Crippen LogP contribution in [0.15, 0.2) is 53.5 Å². The van der Waals surface area contributed by atoms with Crippen LogP contribution in [0.3, 0.4) is 0 Å². The van der Waals surface area contributed by atoms with Gasteiger partial charge in [-0.05, 0) is 44.0 Å². The van der Waals surface area contributed by atoms with Gasteiger partial charge in [-0.3, -0.25) is 4.99 Å². The molecule has 1 atom stereocenters. The summed E-state index contributed by atoms with van der Waals surface area (Å²) in [4.78, 5) is 4.31. The van der Waals surface area contributed by atoms with E-state index in [4.69, 9.17) is 9.47 Å². The second-order valence-electron chi connectivity index (χ2n) is 5.85. The van der Waals surface area contributed by atoms with Crippen molar-refractivity contribution in [1.82, 2.24) is 10.6 Å². The number of benzene rings is 2. The maximum Gasteiger partial charge on any atom is 0.191 e. The van der Waals surface area contributed by atoms with Crippen molar-refractivity contribution < 1.29 is 9.47 Å². The van der Waals surface area contributed by atoms with Gasteiger partial charge in [-0.25, -0.2) is 0 Å². The fraction of sp³-hybridized carbons (Fsp3) is 0.381. The minimum atomic E-state index is 0.0758. The molecule has 0 bridgehead atoms. The van der Waals surface area contributed by atoms with Crippen molar-refractivity contribution in [3.05, 3.63) is 59.7 Å². The summed E-state index contributed by atoms with van der Waals surface area (Å²) in [7, 11) is 1.77. The summed E-state index contributed by atoms with van der Waals surface area (Å²) >= 11 is 0. The molecule has 5 nitrogen and oxygen atoms in total. The van der Waals surface area contributed by atoms with Gasteiger partial charge < -0.3 is 20.1 Å². The van der Waals surface area contributed by atoms with Gasteiger partial charge in [0.1, 0.15) is 0 Å². The van der Waals surface area contributed by atoms with E-state index in [1.807, 2.05) is 44.2 Å². The first-order valence-corrected chi connectivity index (χ1v) is 9.08. The quantitative estimate of drug-likeness (QED) is 0.557. The third-order valence-electron chi connectivity index (χ3n) is 3.95. The van der Waals surface area contributed by atoms with Gasteiger partial charge in [-0.1, -0.05) is 36.4 Å². The van der Waals surface area contributed by atoms with Crippen molar-refractivity contribution in [3.63, 3.8) is 0 Å². The Morgan fingerprint density at radius 2 is 1.69 bits per heavy atom. The van der Waals surface area contributed by atoms with Gasteiger partial charge in [0.05, 0.1) is 19.3 Å². The van der Waals surface area contributed by atoms with Crippen LogP contribution in [0.4, 0.5) is 0 Å². The van der Waals surface area contributed by atoms with E-state index < -0.39 is 0 Å². The third kappa shape index (κ3) is 5.69. The lowest BCUT2D eigenvalue weighted by Crippen LogP contribution is -2.38. The molecule has 0 radical (unpaired) electrons. The number of hydrogen-bond acceptors (Lipinski definition) is 3. The molecule has 0 aromatic heterocycles. The smallest absolute Gasteiger partial charge is 0.191 e. The van der Waals surface area contributed by atoms with Crippen molar-refractivity contribution in [2.75, 3.05) is 20.3 Å². The summed E-state index contributed by atoms with van der Waals surface area (Å²) < 4.78 is 11.4. The number of guanidine groups is 1. The minimum absolute atomic E-state index is 0.0758. The van der Waals surface area contributed by atoms with Crippen molar-refractivity contribution in [2.24, 2.45) is 4.99 Å². The Hall–Kier alpha value is -2.69. The van der Waals surface area contributed by atoms with Gasteiger partial charge in [0.2, 0.25) is 0 Å². The number of nitrogens with zero attached hydrogens (tertiary/aromatic N) is 1. The normalized spacial score (nSPS) is 12.4. The minimum Gasteiger partial charge on any atom is -0.490 e. The zero-order chi connectivity index (χ0) is 18.8. The lowest BCUT2D eigenvalue weighted by Gasteiger charge is -2.20. The Morgan fingerprint density at radius 1 is 1.00 bits per heavy atom. The van der Waals surface area contributed by atoms with Crippen LogP contribution in [0, 0.1) is 0 Å². The van der Waals surface area contributed by atoms with Gasteiger partial charge in [-0.15, -0.1) is 0 Å². The van der Waals surface area contributed by atoms with Gasteiger partial charge in [-0.2, -0.15) is 0 Å². The molecule has 2 rings (SSSR count). The molecule has 140 valence electrons. The fourth-order valence-corrected chi connectivity index (χ4v) is 2.60. The van der Waals surface area contributed by atoms with E-state index in [1.54, 1.807) is 7.05 Å². The zero-order valence-corrected chi connectivity index (χ0v) is 16.1. The Morgan fingerprint density at radius 3 is 2.35 bits per heavy atom. The van der Waals surface area contributed by atoms with Crippen LogP contribution in [0.2, 0.25) is 0 Å². The molecular formula is C21H29N3O2. The third-order valence-corrected chi connectivity index (χ3v) is 3.95. The summed E-state index contributed by atoms with van der Waals surface area (Å²) in [5.74, 6) is 2.30. The standard InChI is InChI=1S/C21H29N3O2/c1-5-25-19-13-12-18(14-20(19)26-6-2)16(3)24-21(22-4)23-15-17-10-8-7-9-11-17/h7-14,16H,5-6,15H2,1-4H3,(H2,22,23,24). The predicted octanol–water partition coefficient (Wildman–Crippen LogP) is 3.91. The SMILES string of the molecule is CCOc1ccc(C(C)NC(=NC)NCc2ccccc2)cc1OCC. The van der Waals surface area contributed by atoms with Crippen molar-refractivity contribution in [2.45, 2.75) is 33.4 Å². The first-order chi connectivity index (χ1) is 12.7. The van der Waals surface area contributed by atoms with Gasteiger partial charge in [0, 0.05) is 13.6 Å². The number of rotatable bonds is 8. The molecule has 1 unspecified atom stereocenters. The van der Waals surface area contributed by atoms with Crippen LogP contribution in [0.1, 0.15) is 37.9 Å². The Labute approximate surface area is 156 Å². The highest BCUT2D eigenvalue weighted by atomic mass is 16.5. The maximum atomic E-state index is 5.72. The molecule has 2 aromatic carbocycles. The van der Waals surface area contributed by atoms with E-state index in [1.165, 1.54) is 5.56 Å². The molecule has 2 N–H and O–H groups in total. The molecule has 0 spiro atoms. The molecule has 0 fully saturated rings. The molecule has 2 aromatic rings. The Kier molecular flexibility index (Phi) is 7.80. The van der Waals surface area contributed by atoms with Crippen LogP contribution in [-0.4, -0.2) is 26.2 Å². The summed E-state index contributed by atoms with van der Waals surface area (Å²) in [5.41, 5.74) is 2.32. The second-order valence-corrected chi connectivity index (χ2v) is 5.85. The van der Waals surface area contributed by atoms with Crippen LogP contribution in [-0.2, 0) is 6.54 Å². The monoisotopic (exact) mass is 355 g/mol. The Bertz CT molecular complexity index is 702. The van der Waals surface area contributed by atoms with Gasteiger partial charge in [0.15, 0.2) is 17.5 Å². The first-order valence-electron chi connectivity index (χ1n) is 9.08. The van der Waals surface area contributed by atoms with E-state index in [9.17, 15) is 0 Å². The molecule has 0 saturated carbocycles. The molecule has 0 aliphatic heterocycles. The van der Waals surface area contributed by atoms with Crippen molar-refractivity contribution >= 4 is 5.96 Å². The van der Waals surface area contributed by atoms with Crippen LogP contribution in [0.5, 0.6) is 11.5 Å². The molecule has 0 saturated heterocycles. The second kappa shape index (κ2) is 10.3. The number of ether oxygens (including phenoxy) is 2. The average molecular weight is 355 g/mol. The van der Waals surface area contributed by atoms with E-state index in [-0.39, 0.29) is 6.04 Å². The largest absolute Gasteiger partial charge is 0.490 e. The highest BCUT2D eigenvalue weighted by Gasteiger charge is 2.12. The first kappa shape index (κ1) is 19.6. The maximum absolute atomic E-state index is 5.72. The molecule has 0 aliphatic rings. The summed E-state index contributed by atoms with van der Waals surface area (Å²) in [6.45, 7) is 7.98. The van der Waals surface area contributed by atoms with Crippen molar-refractivity contribution in [1.29, 1.82) is 0 Å². The number of nitrogens with one attached hydrogen (secondary N) is 2. The Balaban J connectivity index is 2.02. The van der Waals surface area contributed by atoms with Crippen molar-refractivity contribution in [3.8, 4) is 11.5 Å². The highest BCUT2D eigenvalue weighted by Crippen LogP contribution is 2.30. The molecule has 0 heterocycles.